The molecular formula is C6H15NO2S. The van der Waals surface area contributed by atoms with E-state index in [4.69, 9.17) is 4.55 Å². The Labute approximate surface area is 64.6 Å². The van der Waals surface area contributed by atoms with Gasteiger partial charge in [-0.1, -0.05) is 13.8 Å². The fourth-order valence-corrected chi connectivity index (χ4v) is 1.32. The lowest BCUT2D eigenvalue weighted by atomic mass is 9.98. The number of nitrogens with one attached hydrogen (secondary N) is 1. The maximum atomic E-state index is 10.3. The molecule has 0 amide bonds. The van der Waals surface area contributed by atoms with Crippen molar-refractivity contribution in [2.24, 2.45) is 0 Å². The molecular weight excluding hydrogens is 150 g/mol. The van der Waals surface area contributed by atoms with Crippen molar-refractivity contribution in [2.75, 3.05) is 0 Å². The van der Waals surface area contributed by atoms with Crippen molar-refractivity contribution >= 4 is 11.3 Å². The molecule has 3 nitrogen and oxygen atoms in total. The molecule has 0 aliphatic rings. The minimum atomic E-state index is -1.88. The molecule has 0 saturated heterocycles. The van der Waals surface area contributed by atoms with E-state index >= 15 is 0 Å². The van der Waals surface area contributed by atoms with E-state index < -0.39 is 11.3 Å². The zero-order valence-corrected chi connectivity index (χ0v) is 7.49. The molecule has 0 radical (unpaired) electrons. The van der Waals surface area contributed by atoms with Gasteiger partial charge in [0.1, 0.15) is 0 Å². The Balaban J connectivity index is 3.92. The van der Waals surface area contributed by atoms with E-state index in [9.17, 15) is 4.21 Å². The molecule has 1 unspecified atom stereocenters. The summed E-state index contributed by atoms with van der Waals surface area (Å²) in [6, 6.07) is 0. The van der Waals surface area contributed by atoms with E-state index in [0.29, 0.717) is 0 Å². The van der Waals surface area contributed by atoms with Gasteiger partial charge in [0.05, 0.1) is 0 Å². The van der Waals surface area contributed by atoms with Gasteiger partial charge in [-0.15, -0.1) is 0 Å². The van der Waals surface area contributed by atoms with E-state index in [-0.39, 0.29) is 5.54 Å². The van der Waals surface area contributed by atoms with E-state index in [1.807, 2.05) is 20.8 Å². The predicted molar refractivity (Wildman–Crippen MR) is 42.9 cm³/mol. The summed E-state index contributed by atoms with van der Waals surface area (Å²) in [6.07, 6.45) is 1.71. The Hall–Kier alpha value is 0.0700. The van der Waals surface area contributed by atoms with Crippen LogP contribution >= 0.6 is 0 Å². The fourth-order valence-electron chi connectivity index (χ4n) is 0.605. The lowest BCUT2D eigenvalue weighted by Gasteiger charge is -2.25. The summed E-state index contributed by atoms with van der Waals surface area (Å²) >= 11 is -1.88. The number of hydrogen-bond donors (Lipinski definition) is 2. The van der Waals surface area contributed by atoms with Crippen molar-refractivity contribution in [3.05, 3.63) is 0 Å². The standard InChI is InChI=1S/C6H15NO2S/c1-4-6(3,5-2)7-10(8)9/h7H,4-5H2,1-3H3,(H,8,9). The molecule has 0 aliphatic carbocycles. The average Bonchev–Trinajstić information content (AvgIpc) is 1.87. The van der Waals surface area contributed by atoms with Crippen LogP contribution in [0, 0.1) is 0 Å². The molecule has 4 heteroatoms. The van der Waals surface area contributed by atoms with Crippen molar-refractivity contribution in [2.45, 2.75) is 39.2 Å². The minimum Gasteiger partial charge on any atom is -0.294 e. The molecule has 0 heterocycles. The third-order valence-corrected chi connectivity index (χ3v) is 2.56. The maximum Gasteiger partial charge on any atom is 0.232 e. The van der Waals surface area contributed by atoms with Crippen LogP contribution in [0.15, 0.2) is 0 Å². The van der Waals surface area contributed by atoms with Crippen molar-refractivity contribution in [3.8, 4) is 0 Å². The van der Waals surface area contributed by atoms with Gasteiger partial charge in [-0.2, -0.15) is 0 Å². The lowest BCUT2D eigenvalue weighted by Crippen LogP contribution is -2.41. The molecule has 0 bridgehead atoms. The first-order chi connectivity index (χ1) is 4.54. The van der Waals surface area contributed by atoms with Crippen LogP contribution in [-0.4, -0.2) is 14.3 Å². The van der Waals surface area contributed by atoms with Gasteiger partial charge in [0.25, 0.3) is 0 Å². The van der Waals surface area contributed by atoms with E-state index in [2.05, 4.69) is 4.72 Å². The second kappa shape index (κ2) is 4.05. The Kier molecular flexibility index (Phi) is 4.08. The van der Waals surface area contributed by atoms with Gasteiger partial charge in [0.15, 0.2) is 0 Å². The van der Waals surface area contributed by atoms with Crippen LogP contribution in [0.2, 0.25) is 0 Å². The minimum absolute atomic E-state index is 0.195. The molecule has 10 heavy (non-hydrogen) atoms. The summed E-state index contributed by atoms with van der Waals surface area (Å²) < 4.78 is 21.4. The summed E-state index contributed by atoms with van der Waals surface area (Å²) in [4.78, 5) is 0. The highest BCUT2D eigenvalue weighted by Crippen LogP contribution is 2.13. The molecule has 0 rings (SSSR count). The highest BCUT2D eigenvalue weighted by atomic mass is 32.2. The van der Waals surface area contributed by atoms with Gasteiger partial charge in [0, 0.05) is 5.54 Å². The molecule has 0 fully saturated rings. The normalized spacial score (nSPS) is 15.2. The topological polar surface area (TPSA) is 49.3 Å². The van der Waals surface area contributed by atoms with Crippen LogP contribution in [0.5, 0.6) is 0 Å². The summed E-state index contributed by atoms with van der Waals surface area (Å²) in [5.74, 6) is 0. The van der Waals surface area contributed by atoms with Crippen LogP contribution in [0.3, 0.4) is 0 Å². The van der Waals surface area contributed by atoms with Gasteiger partial charge in [-0.3, -0.25) is 4.55 Å². The van der Waals surface area contributed by atoms with Crippen LogP contribution < -0.4 is 4.72 Å². The molecule has 62 valence electrons. The van der Waals surface area contributed by atoms with E-state index in [1.165, 1.54) is 0 Å². The van der Waals surface area contributed by atoms with Crippen LogP contribution in [0.25, 0.3) is 0 Å². The van der Waals surface area contributed by atoms with Crippen molar-refractivity contribution < 1.29 is 8.76 Å². The largest absolute Gasteiger partial charge is 0.294 e. The predicted octanol–water partition coefficient (Wildman–Crippen LogP) is 1.29. The molecule has 0 saturated carbocycles. The van der Waals surface area contributed by atoms with Crippen LogP contribution in [0.4, 0.5) is 0 Å². The third kappa shape index (κ3) is 3.29. The fraction of sp³-hybridized carbons (Fsp3) is 1.00. The van der Waals surface area contributed by atoms with Gasteiger partial charge in [-0.25, -0.2) is 8.93 Å². The second-order valence-electron chi connectivity index (χ2n) is 2.62. The van der Waals surface area contributed by atoms with Gasteiger partial charge in [-0.05, 0) is 19.8 Å². The highest BCUT2D eigenvalue weighted by Gasteiger charge is 2.20. The first-order valence-corrected chi connectivity index (χ1v) is 4.53. The van der Waals surface area contributed by atoms with Crippen molar-refractivity contribution in [3.63, 3.8) is 0 Å². The molecule has 0 aromatic rings. The Morgan fingerprint density at radius 1 is 1.50 bits per heavy atom. The van der Waals surface area contributed by atoms with Gasteiger partial charge >= 0.3 is 0 Å². The SMILES string of the molecule is CCC(C)(CC)NS(=O)O. The summed E-state index contributed by atoms with van der Waals surface area (Å²) in [5.41, 5.74) is -0.195. The number of rotatable bonds is 4. The van der Waals surface area contributed by atoms with Crippen LogP contribution in [-0.2, 0) is 11.3 Å². The lowest BCUT2D eigenvalue weighted by molar-refractivity contribution is 0.383. The van der Waals surface area contributed by atoms with Crippen LogP contribution in [0.1, 0.15) is 33.6 Å². The average molecular weight is 165 g/mol. The maximum absolute atomic E-state index is 10.3. The Morgan fingerprint density at radius 2 is 1.90 bits per heavy atom. The van der Waals surface area contributed by atoms with Crippen molar-refractivity contribution in [1.82, 2.24) is 4.72 Å². The molecule has 1 atom stereocenters. The quantitative estimate of drug-likeness (QED) is 0.617. The molecule has 0 aromatic heterocycles. The monoisotopic (exact) mass is 165 g/mol. The first-order valence-electron chi connectivity index (χ1n) is 3.42. The molecule has 0 aliphatic heterocycles. The highest BCUT2D eigenvalue weighted by molar-refractivity contribution is 7.77. The Morgan fingerprint density at radius 3 is 2.00 bits per heavy atom. The smallest absolute Gasteiger partial charge is 0.232 e. The zero-order chi connectivity index (χ0) is 8.20. The van der Waals surface area contributed by atoms with Crippen molar-refractivity contribution in [1.29, 1.82) is 0 Å². The molecule has 0 spiro atoms. The van der Waals surface area contributed by atoms with E-state index in [0.717, 1.165) is 12.8 Å². The Bertz CT molecular complexity index is 123. The second-order valence-corrected chi connectivity index (χ2v) is 3.32. The molecule has 2 N–H and O–H groups in total. The summed E-state index contributed by atoms with van der Waals surface area (Å²) in [5, 5.41) is 0. The zero-order valence-electron chi connectivity index (χ0n) is 6.68. The molecule has 0 aromatic carbocycles. The third-order valence-electron chi connectivity index (χ3n) is 1.89. The van der Waals surface area contributed by atoms with E-state index in [1.54, 1.807) is 0 Å². The van der Waals surface area contributed by atoms with Gasteiger partial charge < -0.3 is 0 Å². The summed E-state index contributed by atoms with van der Waals surface area (Å²) in [7, 11) is 0. The first kappa shape index (κ1) is 10.1. The number of hydrogen-bond acceptors (Lipinski definition) is 1. The van der Waals surface area contributed by atoms with Gasteiger partial charge in [0.2, 0.25) is 11.3 Å². The summed E-state index contributed by atoms with van der Waals surface area (Å²) in [6.45, 7) is 5.91.